The van der Waals surface area contributed by atoms with Crippen LogP contribution in [-0.2, 0) is 11.2 Å². The third kappa shape index (κ3) is 6.21. The van der Waals surface area contributed by atoms with E-state index in [1.54, 1.807) is 18.1 Å². The number of rotatable bonds is 7. The van der Waals surface area contributed by atoms with Gasteiger partial charge in [-0.1, -0.05) is 12.1 Å². The predicted octanol–water partition coefficient (Wildman–Crippen LogP) is 5.41. The SMILES string of the molecule is CNC(=O)c1cccc2cc(Oc3ccnc4cc(OCCN5CCN(C(=O)OC(C)(C)C)CC5)c5c(c34)CCO5)ccc12. The van der Waals surface area contributed by atoms with E-state index in [2.05, 4.69) is 15.2 Å². The van der Waals surface area contributed by atoms with Crippen LogP contribution in [0.5, 0.6) is 23.0 Å². The fourth-order valence-corrected chi connectivity index (χ4v) is 5.72. The zero-order chi connectivity index (χ0) is 30.8. The molecule has 2 aliphatic heterocycles. The Morgan fingerprint density at radius 1 is 1.02 bits per heavy atom. The first-order valence-electron chi connectivity index (χ1n) is 15.0. The highest BCUT2D eigenvalue weighted by Gasteiger charge is 2.27. The summed E-state index contributed by atoms with van der Waals surface area (Å²) in [6, 6.07) is 15.2. The van der Waals surface area contributed by atoms with Gasteiger partial charge in [0.15, 0.2) is 11.5 Å². The third-order valence-electron chi connectivity index (χ3n) is 7.85. The number of ether oxygens (including phenoxy) is 4. The normalized spacial score (nSPS) is 15.1. The summed E-state index contributed by atoms with van der Waals surface area (Å²) in [5.41, 5.74) is 1.92. The molecule has 2 amide bonds. The molecule has 1 saturated heterocycles. The molecule has 4 aromatic rings. The number of carbonyl (C=O) groups excluding carboxylic acids is 2. The molecule has 0 spiro atoms. The zero-order valence-corrected chi connectivity index (χ0v) is 25.6. The number of benzene rings is 3. The van der Waals surface area contributed by atoms with Gasteiger partial charge in [-0.2, -0.15) is 0 Å². The number of carbonyl (C=O) groups is 2. The average Bonchev–Trinajstić information content (AvgIpc) is 3.50. The van der Waals surface area contributed by atoms with Crippen molar-refractivity contribution >= 4 is 33.7 Å². The Morgan fingerprint density at radius 2 is 1.84 bits per heavy atom. The van der Waals surface area contributed by atoms with E-state index >= 15 is 0 Å². The molecular weight excluding hydrogens is 560 g/mol. The van der Waals surface area contributed by atoms with E-state index in [9.17, 15) is 9.59 Å². The van der Waals surface area contributed by atoms with E-state index in [1.807, 2.05) is 69.3 Å². The van der Waals surface area contributed by atoms with Crippen LogP contribution in [0.1, 0.15) is 36.7 Å². The molecule has 1 N–H and O–H groups in total. The summed E-state index contributed by atoms with van der Waals surface area (Å²) in [7, 11) is 1.63. The van der Waals surface area contributed by atoms with Crippen LogP contribution in [-0.4, -0.2) is 85.4 Å². The lowest BCUT2D eigenvalue weighted by Crippen LogP contribution is -2.50. The highest BCUT2D eigenvalue weighted by Crippen LogP contribution is 2.44. The van der Waals surface area contributed by atoms with Gasteiger partial charge in [0.2, 0.25) is 0 Å². The average molecular weight is 599 g/mol. The molecule has 3 aromatic carbocycles. The van der Waals surface area contributed by atoms with Crippen LogP contribution < -0.4 is 19.5 Å². The first kappa shape index (κ1) is 29.5. The summed E-state index contributed by atoms with van der Waals surface area (Å²) in [5, 5.41) is 5.38. The van der Waals surface area contributed by atoms with E-state index in [1.165, 1.54) is 0 Å². The smallest absolute Gasteiger partial charge is 0.410 e. The lowest BCUT2D eigenvalue weighted by Gasteiger charge is -2.35. The molecule has 44 heavy (non-hydrogen) atoms. The van der Waals surface area contributed by atoms with Gasteiger partial charge in [-0.05, 0) is 61.9 Å². The largest absolute Gasteiger partial charge is 0.489 e. The van der Waals surface area contributed by atoms with Crippen molar-refractivity contribution in [3.8, 4) is 23.0 Å². The van der Waals surface area contributed by atoms with Crippen molar-refractivity contribution in [2.75, 3.05) is 53.0 Å². The van der Waals surface area contributed by atoms with E-state index in [0.29, 0.717) is 49.1 Å². The lowest BCUT2D eigenvalue weighted by atomic mass is 10.0. The highest BCUT2D eigenvalue weighted by atomic mass is 16.6. The fraction of sp³-hybridized carbons (Fsp3) is 0.382. The Bertz CT molecular complexity index is 1710. The molecule has 1 aromatic heterocycles. The van der Waals surface area contributed by atoms with Crippen molar-refractivity contribution in [3.05, 3.63) is 65.9 Å². The van der Waals surface area contributed by atoms with Gasteiger partial charge in [0.25, 0.3) is 5.91 Å². The van der Waals surface area contributed by atoms with Gasteiger partial charge in [-0.15, -0.1) is 0 Å². The Balaban J connectivity index is 1.15. The summed E-state index contributed by atoms with van der Waals surface area (Å²) >= 11 is 0. The van der Waals surface area contributed by atoms with Crippen LogP contribution in [0, 0.1) is 0 Å². The van der Waals surface area contributed by atoms with Crippen molar-refractivity contribution in [2.45, 2.75) is 32.8 Å². The molecule has 230 valence electrons. The summed E-state index contributed by atoms with van der Waals surface area (Å²) in [6.07, 6.45) is 2.20. The molecule has 1 fully saturated rings. The molecule has 10 nitrogen and oxygen atoms in total. The fourth-order valence-electron chi connectivity index (χ4n) is 5.72. The standard InChI is InChI=1S/C34H38N4O6/c1-34(2,3)44-33(40)38-15-13-37(14-16-38)17-19-41-29-21-27-30(26-11-18-42-31(26)29)28(10-12-36-27)43-23-8-9-24-22(20-23)6-5-7-25(24)32(39)35-4/h5-10,12,20-21H,11,13-19H2,1-4H3,(H,35,39). The van der Waals surface area contributed by atoms with E-state index in [4.69, 9.17) is 18.9 Å². The van der Waals surface area contributed by atoms with Crippen LogP contribution in [0.2, 0.25) is 0 Å². The van der Waals surface area contributed by atoms with Crippen molar-refractivity contribution in [1.82, 2.24) is 20.1 Å². The van der Waals surface area contributed by atoms with E-state index < -0.39 is 5.60 Å². The van der Waals surface area contributed by atoms with E-state index in [0.717, 1.165) is 59.0 Å². The third-order valence-corrected chi connectivity index (χ3v) is 7.85. The van der Waals surface area contributed by atoms with Crippen LogP contribution >= 0.6 is 0 Å². The molecule has 0 atom stereocenters. The quantitative estimate of drug-likeness (QED) is 0.302. The maximum absolute atomic E-state index is 12.4. The Hall–Kier alpha value is -4.57. The summed E-state index contributed by atoms with van der Waals surface area (Å²) in [4.78, 5) is 33.4. The summed E-state index contributed by atoms with van der Waals surface area (Å²) in [5.74, 6) is 2.64. The van der Waals surface area contributed by atoms with Crippen LogP contribution in [0.4, 0.5) is 4.79 Å². The minimum atomic E-state index is -0.498. The lowest BCUT2D eigenvalue weighted by molar-refractivity contribution is 0.0136. The van der Waals surface area contributed by atoms with Gasteiger partial charge in [-0.3, -0.25) is 14.7 Å². The van der Waals surface area contributed by atoms with Crippen molar-refractivity contribution < 1.29 is 28.5 Å². The molecule has 0 saturated carbocycles. The number of piperazine rings is 1. The van der Waals surface area contributed by atoms with Crippen LogP contribution in [0.15, 0.2) is 54.7 Å². The maximum Gasteiger partial charge on any atom is 0.410 e. The number of nitrogens with zero attached hydrogens (tertiary/aromatic N) is 3. The summed E-state index contributed by atoms with van der Waals surface area (Å²) in [6.45, 7) is 10.2. The van der Waals surface area contributed by atoms with Crippen molar-refractivity contribution in [2.24, 2.45) is 0 Å². The number of aromatic nitrogens is 1. The predicted molar refractivity (Wildman–Crippen MR) is 168 cm³/mol. The maximum atomic E-state index is 12.4. The number of pyridine rings is 1. The Morgan fingerprint density at radius 3 is 2.61 bits per heavy atom. The molecule has 0 bridgehead atoms. The van der Waals surface area contributed by atoms with Gasteiger partial charge in [0, 0.05) is 69.6 Å². The monoisotopic (exact) mass is 598 g/mol. The van der Waals surface area contributed by atoms with Gasteiger partial charge in [-0.25, -0.2) is 4.79 Å². The molecule has 0 unspecified atom stereocenters. The van der Waals surface area contributed by atoms with Crippen LogP contribution in [0.25, 0.3) is 21.7 Å². The molecule has 3 heterocycles. The second kappa shape index (κ2) is 12.2. The van der Waals surface area contributed by atoms with Gasteiger partial charge < -0.3 is 29.2 Å². The first-order chi connectivity index (χ1) is 21.2. The number of fused-ring (bicyclic) bond motifs is 4. The highest BCUT2D eigenvalue weighted by molar-refractivity contribution is 6.07. The summed E-state index contributed by atoms with van der Waals surface area (Å²) < 4.78 is 24.2. The van der Waals surface area contributed by atoms with Gasteiger partial charge in [0.05, 0.1) is 17.5 Å². The molecule has 0 aliphatic carbocycles. The number of hydrogen-bond acceptors (Lipinski definition) is 8. The molecule has 0 radical (unpaired) electrons. The molecule has 10 heteroatoms. The number of amides is 2. The Kier molecular flexibility index (Phi) is 8.18. The first-order valence-corrected chi connectivity index (χ1v) is 15.0. The molecule has 2 aliphatic rings. The topological polar surface area (TPSA) is 102 Å². The second-order valence-electron chi connectivity index (χ2n) is 12.0. The van der Waals surface area contributed by atoms with Gasteiger partial charge >= 0.3 is 6.09 Å². The van der Waals surface area contributed by atoms with E-state index in [-0.39, 0.29) is 12.0 Å². The number of hydrogen-bond donors (Lipinski definition) is 1. The zero-order valence-electron chi connectivity index (χ0n) is 25.6. The second-order valence-corrected chi connectivity index (χ2v) is 12.0. The minimum Gasteiger partial charge on any atom is -0.489 e. The minimum absolute atomic E-state index is 0.126. The van der Waals surface area contributed by atoms with Crippen molar-refractivity contribution in [1.29, 1.82) is 0 Å². The molecule has 6 rings (SSSR count). The molecular formula is C34H38N4O6. The van der Waals surface area contributed by atoms with Gasteiger partial charge in [0.1, 0.15) is 23.7 Å². The number of nitrogens with one attached hydrogen (secondary N) is 1. The van der Waals surface area contributed by atoms with Crippen LogP contribution in [0.3, 0.4) is 0 Å². The Labute approximate surface area is 256 Å². The van der Waals surface area contributed by atoms with Crippen molar-refractivity contribution in [3.63, 3.8) is 0 Å².